The summed E-state index contributed by atoms with van der Waals surface area (Å²) in [6.07, 6.45) is 0. The van der Waals surface area contributed by atoms with Crippen molar-refractivity contribution in [3.8, 4) is 11.8 Å². The Morgan fingerprint density at radius 1 is 1.32 bits per heavy atom. The highest BCUT2D eigenvalue weighted by atomic mass is 19.1. The van der Waals surface area contributed by atoms with Gasteiger partial charge in [-0.05, 0) is 42.8 Å². The van der Waals surface area contributed by atoms with E-state index in [0.717, 1.165) is 11.3 Å². The second kappa shape index (κ2) is 6.92. The second-order valence-electron chi connectivity index (χ2n) is 4.90. The maximum Gasteiger partial charge on any atom is 0.141 e. The van der Waals surface area contributed by atoms with Gasteiger partial charge in [0.05, 0.1) is 19.3 Å². The molecule has 0 aliphatic rings. The highest BCUT2D eigenvalue weighted by Gasteiger charge is 2.10. The van der Waals surface area contributed by atoms with Crippen molar-refractivity contribution in [1.82, 2.24) is 0 Å². The number of nitrogens with zero attached hydrogens (tertiary/aromatic N) is 1. The van der Waals surface area contributed by atoms with Crippen molar-refractivity contribution in [3.05, 3.63) is 58.9 Å². The molecular weight excluding hydrogens is 283 g/mol. The summed E-state index contributed by atoms with van der Waals surface area (Å²) >= 11 is 0. The molecule has 0 aliphatic heterocycles. The lowest BCUT2D eigenvalue weighted by molar-refractivity contribution is 0.274. The van der Waals surface area contributed by atoms with E-state index in [9.17, 15) is 9.50 Å². The number of halogens is 1. The molecule has 0 spiro atoms. The molecule has 22 heavy (non-hydrogen) atoms. The number of benzene rings is 2. The van der Waals surface area contributed by atoms with Crippen molar-refractivity contribution < 1.29 is 14.2 Å². The zero-order valence-electron chi connectivity index (χ0n) is 12.4. The van der Waals surface area contributed by atoms with E-state index in [1.165, 1.54) is 12.1 Å². The number of hydrogen-bond acceptors (Lipinski definition) is 4. The summed E-state index contributed by atoms with van der Waals surface area (Å²) in [5, 5.41) is 21.3. The van der Waals surface area contributed by atoms with Crippen molar-refractivity contribution in [3.63, 3.8) is 0 Å². The summed E-state index contributed by atoms with van der Waals surface area (Å²) in [5.74, 6) is 0.0875. The van der Waals surface area contributed by atoms with E-state index in [-0.39, 0.29) is 18.2 Å². The van der Waals surface area contributed by atoms with Crippen LogP contribution in [-0.2, 0) is 6.61 Å². The molecule has 0 saturated heterocycles. The van der Waals surface area contributed by atoms with Gasteiger partial charge in [0.15, 0.2) is 0 Å². The highest BCUT2D eigenvalue weighted by Crippen LogP contribution is 2.26. The summed E-state index contributed by atoms with van der Waals surface area (Å²) in [7, 11) is 1.55. The largest absolute Gasteiger partial charge is 0.496 e. The number of nitriles is 1. The van der Waals surface area contributed by atoms with Gasteiger partial charge in [-0.3, -0.25) is 0 Å². The van der Waals surface area contributed by atoms with Crippen LogP contribution in [0.25, 0.3) is 0 Å². The molecule has 0 amide bonds. The molecule has 114 valence electrons. The van der Waals surface area contributed by atoms with Crippen LogP contribution in [0.5, 0.6) is 5.75 Å². The fourth-order valence-electron chi connectivity index (χ4n) is 2.22. The summed E-state index contributed by atoms with van der Waals surface area (Å²) in [4.78, 5) is 0. The highest BCUT2D eigenvalue weighted by molar-refractivity contribution is 5.52. The van der Waals surface area contributed by atoms with Gasteiger partial charge in [0.1, 0.15) is 17.6 Å². The van der Waals surface area contributed by atoms with Gasteiger partial charge in [-0.25, -0.2) is 4.39 Å². The Labute approximate surface area is 128 Å². The minimum Gasteiger partial charge on any atom is -0.496 e. The second-order valence-corrected chi connectivity index (χ2v) is 4.90. The number of rotatable bonds is 5. The van der Waals surface area contributed by atoms with Gasteiger partial charge >= 0.3 is 0 Å². The molecule has 2 aromatic carbocycles. The number of methoxy groups -OCH3 is 1. The van der Waals surface area contributed by atoms with E-state index < -0.39 is 5.82 Å². The lowest BCUT2D eigenvalue weighted by Crippen LogP contribution is -2.08. The van der Waals surface area contributed by atoms with Crippen LogP contribution < -0.4 is 10.1 Å². The number of aliphatic hydroxyl groups is 1. The van der Waals surface area contributed by atoms with Crippen molar-refractivity contribution in [2.75, 3.05) is 12.4 Å². The third-order valence-electron chi connectivity index (χ3n) is 3.45. The smallest absolute Gasteiger partial charge is 0.141 e. The van der Waals surface area contributed by atoms with E-state index in [4.69, 9.17) is 10.00 Å². The third-order valence-corrected chi connectivity index (χ3v) is 3.45. The van der Waals surface area contributed by atoms with Gasteiger partial charge in [-0.15, -0.1) is 0 Å². The minimum absolute atomic E-state index is 0.0305. The summed E-state index contributed by atoms with van der Waals surface area (Å²) in [6, 6.07) is 11.6. The Morgan fingerprint density at radius 2 is 2.09 bits per heavy atom. The Morgan fingerprint density at radius 3 is 2.68 bits per heavy atom. The van der Waals surface area contributed by atoms with E-state index in [1.54, 1.807) is 31.4 Å². The molecule has 0 aliphatic carbocycles. The van der Waals surface area contributed by atoms with Crippen LogP contribution in [-0.4, -0.2) is 12.2 Å². The number of ether oxygens (including phenoxy) is 1. The molecule has 1 atom stereocenters. The van der Waals surface area contributed by atoms with Crippen molar-refractivity contribution in [2.24, 2.45) is 0 Å². The fourth-order valence-corrected chi connectivity index (χ4v) is 2.22. The minimum atomic E-state index is -0.528. The first-order chi connectivity index (χ1) is 10.6. The van der Waals surface area contributed by atoms with Crippen LogP contribution in [0.2, 0.25) is 0 Å². The van der Waals surface area contributed by atoms with Crippen LogP contribution in [0, 0.1) is 17.1 Å². The Kier molecular flexibility index (Phi) is 4.97. The van der Waals surface area contributed by atoms with E-state index in [1.807, 2.05) is 13.0 Å². The van der Waals surface area contributed by atoms with Crippen molar-refractivity contribution in [2.45, 2.75) is 19.6 Å². The molecule has 0 aromatic heterocycles. The molecule has 4 nitrogen and oxygen atoms in total. The monoisotopic (exact) mass is 300 g/mol. The fraction of sp³-hybridized carbons (Fsp3) is 0.235. The molecule has 5 heteroatoms. The number of aliphatic hydroxyl groups excluding tert-OH is 1. The first-order valence-electron chi connectivity index (χ1n) is 6.83. The lowest BCUT2D eigenvalue weighted by Gasteiger charge is -2.17. The maximum atomic E-state index is 13.7. The molecule has 2 N–H and O–H groups in total. The van der Waals surface area contributed by atoms with Crippen LogP contribution in [0.3, 0.4) is 0 Å². The van der Waals surface area contributed by atoms with Gasteiger partial charge in [0.25, 0.3) is 0 Å². The molecular formula is C17H17FN2O2. The molecule has 2 aromatic rings. The van der Waals surface area contributed by atoms with E-state index in [2.05, 4.69) is 5.32 Å². The van der Waals surface area contributed by atoms with Crippen molar-refractivity contribution in [1.29, 1.82) is 5.26 Å². The van der Waals surface area contributed by atoms with E-state index in [0.29, 0.717) is 11.3 Å². The lowest BCUT2D eigenvalue weighted by atomic mass is 10.1. The Bertz CT molecular complexity index is 710. The van der Waals surface area contributed by atoms with Crippen LogP contribution in [0.1, 0.15) is 29.7 Å². The summed E-state index contributed by atoms with van der Waals surface area (Å²) in [5.41, 5.74) is 2.23. The molecule has 0 fully saturated rings. The number of anilines is 1. The molecule has 0 radical (unpaired) electrons. The van der Waals surface area contributed by atoms with Gasteiger partial charge in [-0.1, -0.05) is 6.07 Å². The first-order valence-corrected chi connectivity index (χ1v) is 6.83. The SMILES string of the molecule is COc1ccc(NC(C)c2ccc(C#N)c(F)c2)cc1CO. The molecule has 0 heterocycles. The zero-order valence-corrected chi connectivity index (χ0v) is 12.4. The number of nitrogens with one attached hydrogen (secondary N) is 1. The summed E-state index contributed by atoms with van der Waals surface area (Å²) in [6.45, 7) is 1.77. The average Bonchev–Trinajstić information content (AvgIpc) is 2.54. The topological polar surface area (TPSA) is 65.3 Å². The normalized spacial score (nSPS) is 11.6. The Hall–Kier alpha value is -2.58. The maximum absolute atomic E-state index is 13.7. The van der Waals surface area contributed by atoms with Gasteiger partial charge in [0, 0.05) is 17.3 Å². The van der Waals surface area contributed by atoms with Gasteiger partial charge in [-0.2, -0.15) is 5.26 Å². The first kappa shape index (κ1) is 15.8. The molecule has 2 rings (SSSR count). The predicted molar refractivity (Wildman–Crippen MR) is 82.1 cm³/mol. The molecule has 1 unspecified atom stereocenters. The summed E-state index contributed by atoms with van der Waals surface area (Å²) < 4.78 is 18.8. The quantitative estimate of drug-likeness (QED) is 0.888. The number of hydrogen-bond donors (Lipinski definition) is 2. The average molecular weight is 300 g/mol. The van der Waals surface area contributed by atoms with Gasteiger partial charge < -0.3 is 15.2 Å². The standard InChI is InChI=1S/C17H17FN2O2/c1-11(12-3-4-13(9-19)16(18)8-12)20-15-5-6-17(22-2)14(7-15)10-21/h3-8,11,20-21H,10H2,1-2H3. The predicted octanol–water partition coefficient (Wildman–Crippen LogP) is 3.37. The van der Waals surface area contributed by atoms with Crippen LogP contribution in [0.15, 0.2) is 36.4 Å². The molecule has 0 saturated carbocycles. The van der Waals surface area contributed by atoms with E-state index >= 15 is 0 Å². The zero-order chi connectivity index (χ0) is 16.1. The van der Waals surface area contributed by atoms with Crippen LogP contribution >= 0.6 is 0 Å². The molecule has 0 bridgehead atoms. The van der Waals surface area contributed by atoms with Crippen molar-refractivity contribution >= 4 is 5.69 Å². The third kappa shape index (κ3) is 3.35. The Balaban J connectivity index is 2.20. The van der Waals surface area contributed by atoms with Crippen LogP contribution in [0.4, 0.5) is 10.1 Å². The van der Waals surface area contributed by atoms with Gasteiger partial charge in [0.2, 0.25) is 0 Å².